The summed E-state index contributed by atoms with van der Waals surface area (Å²) >= 11 is 0. The van der Waals surface area contributed by atoms with Crippen LogP contribution in [0.1, 0.15) is 22.0 Å². The van der Waals surface area contributed by atoms with Gasteiger partial charge in [0.05, 0.1) is 19.8 Å². The molecule has 0 N–H and O–H groups in total. The van der Waals surface area contributed by atoms with Gasteiger partial charge in [-0.25, -0.2) is 0 Å². The molecular weight excluding hydrogens is 268 g/mol. The van der Waals surface area contributed by atoms with Gasteiger partial charge in [-0.1, -0.05) is 30.3 Å². The molecule has 0 heterocycles. The molecule has 0 spiro atoms. The van der Waals surface area contributed by atoms with Gasteiger partial charge in [-0.2, -0.15) is 0 Å². The number of benzene rings is 2. The Morgan fingerprint density at radius 1 is 0.952 bits per heavy atom. The average Bonchev–Trinajstić information content (AvgIpc) is 2.55. The molecule has 0 radical (unpaired) electrons. The molecule has 0 saturated heterocycles. The Kier molecular flexibility index (Phi) is 4.95. The zero-order chi connectivity index (χ0) is 15.2. The summed E-state index contributed by atoms with van der Waals surface area (Å²) in [5, 5.41) is 0. The predicted molar refractivity (Wildman–Crippen MR) is 80.1 cm³/mol. The first-order valence-corrected chi connectivity index (χ1v) is 6.55. The smallest absolute Gasteiger partial charge is 0.199 e. The molecule has 21 heavy (non-hydrogen) atoms. The number of ether oxygens (including phenoxy) is 3. The maximum Gasteiger partial charge on any atom is 0.199 e. The molecule has 1 atom stereocenters. The van der Waals surface area contributed by atoms with Gasteiger partial charge in [-0.05, 0) is 17.7 Å². The van der Waals surface area contributed by atoms with Crippen LogP contribution >= 0.6 is 0 Å². The topological polar surface area (TPSA) is 44.8 Å². The Morgan fingerprint density at radius 2 is 1.67 bits per heavy atom. The number of rotatable bonds is 6. The minimum atomic E-state index is -0.659. The summed E-state index contributed by atoms with van der Waals surface area (Å²) in [6.07, 6.45) is -0.659. The van der Waals surface area contributed by atoms with Crippen molar-refractivity contribution in [2.45, 2.75) is 6.10 Å². The second kappa shape index (κ2) is 6.90. The highest BCUT2D eigenvalue weighted by Gasteiger charge is 2.24. The number of carbonyl (C=O) groups is 1. The summed E-state index contributed by atoms with van der Waals surface area (Å²) in [4.78, 5) is 12.7. The highest BCUT2D eigenvalue weighted by Crippen LogP contribution is 2.30. The van der Waals surface area contributed by atoms with Crippen molar-refractivity contribution in [3.8, 4) is 11.5 Å². The molecule has 2 aromatic carbocycles. The lowest BCUT2D eigenvalue weighted by Gasteiger charge is -2.16. The van der Waals surface area contributed by atoms with Gasteiger partial charge in [0, 0.05) is 13.2 Å². The third kappa shape index (κ3) is 3.23. The van der Waals surface area contributed by atoms with Crippen molar-refractivity contribution in [2.75, 3.05) is 21.3 Å². The Bertz CT molecular complexity index is 607. The van der Waals surface area contributed by atoms with Crippen LogP contribution in [-0.4, -0.2) is 27.1 Å². The summed E-state index contributed by atoms with van der Waals surface area (Å²) < 4.78 is 15.8. The van der Waals surface area contributed by atoms with Crippen LogP contribution in [0.3, 0.4) is 0 Å². The Labute approximate surface area is 124 Å². The van der Waals surface area contributed by atoms with Crippen molar-refractivity contribution >= 4 is 5.78 Å². The maximum absolute atomic E-state index is 12.7. The lowest BCUT2D eigenvalue weighted by molar-refractivity contribution is 0.0601. The van der Waals surface area contributed by atoms with E-state index < -0.39 is 6.10 Å². The Morgan fingerprint density at radius 3 is 2.24 bits per heavy atom. The van der Waals surface area contributed by atoms with Crippen LogP contribution in [0.4, 0.5) is 0 Å². The fraction of sp³-hybridized carbons (Fsp3) is 0.235. The van der Waals surface area contributed by atoms with Crippen molar-refractivity contribution in [3.05, 3.63) is 59.7 Å². The first kappa shape index (κ1) is 15.1. The fourth-order valence-electron chi connectivity index (χ4n) is 2.17. The van der Waals surface area contributed by atoms with Crippen molar-refractivity contribution in [3.63, 3.8) is 0 Å². The molecule has 2 aromatic rings. The van der Waals surface area contributed by atoms with Gasteiger partial charge in [0.15, 0.2) is 5.78 Å². The van der Waals surface area contributed by atoms with Gasteiger partial charge >= 0.3 is 0 Å². The van der Waals surface area contributed by atoms with Crippen LogP contribution in [0, 0.1) is 0 Å². The van der Waals surface area contributed by atoms with Gasteiger partial charge in [0.2, 0.25) is 0 Å². The van der Waals surface area contributed by atoms with E-state index in [1.807, 2.05) is 30.3 Å². The number of Topliss-reactive ketones (excluding diaryl/α,β-unsaturated/α-hetero) is 1. The van der Waals surface area contributed by atoms with E-state index in [0.29, 0.717) is 17.1 Å². The molecule has 4 heteroatoms. The monoisotopic (exact) mass is 286 g/mol. The molecule has 0 aliphatic carbocycles. The molecule has 2 rings (SSSR count). The first-order valence-electron chi connectivity index (χ1n) is 6.55. The zero-order valence-corrected chi connectivity index (χ0v) is 12.3. The van der Waals surface area contributed by atoms with Crippen LogP contribution in [-0.2, 0) is 4.74 Å². The number of carbonyl (C=O) groups excluding carboxylic acids is 1. The van der Waals surface area contributed by atoms with Crippen molar-refractivity contribution in [1.82, 2.24) is 0 Å². The fourth-order valence-corrected chi connectivity index (χ4v) is 2.17. The van der Waals surface area contributed by atoms with Gasteiger partial charge in [-0.15, -0.1) is 0 Å². The predicted octanol–water partition coefficient (Wildman–Crippen LogP) is 3.27. The molecule has 0 saturated carbocycles. The molecule has 0 amide bonds. The van der Waals surface area contributed by atoms with Gasteiger partial charge in [0.1, 0.15) is 17.6 Å². The Hall–Kier alpha value is -2.33. The second-order valence-electron chi connectivity index (χ2n) is 4.46. The molecule has 0 aromatic heterocycles. The van der Waals surface area contributed by atoms with Crippen molar-refractivity contribution in [1.29, 1.82) is 0 Å². The second-order valence-corrected chi connectivity index (χ2v) is 4.46. The highest BCUT2D eigenvalue weighted by atomic mass is 16.5. The third-order valence-corrected chi connectivity index (χ3v) is 3.25. The summed E-state index contributed by atoms with van der Waals surface area (Å²) in [7, 11) is 4.61. The zero-order valence-electron chi connectivity index (χ0n) is 12.3. The van der Waals surface area contributed by atoms with Crippen molar-refractivity contribution < 1.29 is 19.0 Å². The van der Waals surface area contributed by atoms with Crippen LogP contribution in [0.5, 0.6) is 11.5 Å². The Balaban J connectivity index is 2.38. The highest BCUT2D eigenvalue weighted by molar-refractivity contribution is 6.02. The van der Waals surface area contributed by atoms with Gasteiger partial charge < -0.3 is 14.2 Å². The maximum atomic E-state index is 12.7. The third-order valence-electron chi connectivity index (χ3n) is 3.25. The lowest BCUT2D eigenvalue weighted by atomic mass is 9.99. The van der Waals surface area contributed by atoms with E-state index in [0.717, 1.165) is 5.56 Å². The largest absolute Gasteiger partial charge is 0.497 e. The minimum absolute atomic E-state index is 0.150. The molecule has 0 fully saturated rings. The molecule has 0 aliphatic rings. The molecule has 0 aliphatic heterocycles. The van der Waals surface area contributed by atoms with Crippen LogP contribution in [0.25, 0.3) is 0 Å². The number of ketones is 1. The molecule has 1 unspecified atom stereocenters. The van der Waals surface area contributed by atoms with Crippen LogP contribution in [0.15, 0.2) is 48.5 Å². The van der Waals surface area contributed by atoms with Gasteiger partial charge in [-0.3, -0.25) is 4.79 Å². The van der Waals surface area contributed by atoms with E-state index in [2.05, 4.69) is 0 Å². The number of hydrogen-bond donors (Lipinski definition) is 0. The average molecular weight is 286 g/mol. The molecule has 4 nitrogen and oxygen atoms in total. The normalized spacial score (nSPS) is 11.8. The summed E-state index contributed by atoms with van der Waals surface area (Å²) in [5.74, 6) is 0.956. The van der Waals surface area contributed by atoms with Crippen LogP contribution < -0.4 is 9.47 Å². The summed E-state index contributed by atoms with van der Waals surface area (Å²) in [5.41, 5.74) is 1.27. The molecule has 110 valence electrons. The van der Waals surface area contributed by atoms with E-state index in [9.17, 15) is 4.79 Å². The quantitative estimate of drug-likeness (QED) is 0.764. The number of methoxy groups -OCH3 is 3. The standard InChI is InChI=1S/C17H18O4/c1-19-13-9-10-14(15(11-13)20-2)16(18)17(21-3)12-7-5-4-6-8-12/h4-11,17H,1-3H3. The lowest BCUT2D eigenvalue weighted by Crippen LogP contribution is -2.15. The van der Waals surface area contributed by atoms with Gasteiger partial charge in [0.25, 0.3) is 0 Å². The van der Waals surface area contributed by atoms with E-state index in [1.165, 1.54) is 14.2 Å². The number of hydrogen-bond acceptors (Lipinski definition) is 4. The summed E-state index contributed by atoms with van der Waals surface area (Å²) in [6.45, 7) is 0. The SMILES string of the molecule is COc1ccc(C(=O)C(OC)c2ccccc2)c(OC)c1. The van der Waals surface area contributed by atoms with E-state index >= 15 is 0 Å². The van der Waals surface area contributed by atoms with Crippen LogP contribution in [0.2, 0.25) is 0 Å². The van der Waals surface area contributed by atoms with E-state index in [-0.39, 0.29) is 5.78 Å². The molecule has 0 bridgehead atoms. The molecular formula is C17H18O4. The minimum Gasteiger partial charge on any atom is -0.497 e. The van der Waals surface area contributed by atoms with Crippen molar-refractivity contribution in [2.24, 2.45) is 0 Å². The van der Waals surface area contributed by atoms with E-state index in [4.69, 9.17) is 14.2 Å². The van der Waals surface area contributed by atoms with E-state index in [1.54, 1.807) is 25.3 Å². The first-order chi connectivity index (χ1) is 10.2. The summed E-state index contributed by atoms with van der Waals surface area (Å²) in [6, 6.07) is 14.5.